The average Bonchev–Trinajstić information content (AvgIpc) is 3.31. The van der Waals surface area contributed by atoms with Gasteiger partial charge in [-0.2, -0.15) is 0 Å². The standard InChI is InChI=1S/C36H43N3O4/c1-23-14-18-38(19-15-23)36(42)34(28-16-20-43-21-17-28)27-10-8-26(9-11-27)22-39-31-7-5-4-6-30(31)33-24(2)29(12-13-32(40)41)25(3)37-35(33)39/h4-11,23,28,34H,12-22H2,1-3H3,(H,40,41). The van der Waals surface area contributed by atoms with Gasteiger partial charge < -0.3 is 19.3 Å². The minimum atomic E-state index is -0.795. The van der Waals surface area contributed by atoms with E-state index in [1.807, 2.05) is 13.0 Å². The van der Waals surface area contributed by atoms with Gasteiger partial charge in [-0.05, 0) is 86.1 Å². The zero-order valence-corrected chi connectivity index (χ0v) is 25.6. The molecule has 7 heteroatoms. The Balaban J connectivity index is 1.33. The molecule has 0 aliphatic carbocycles. The maximum atomic E-state index is 14.0. The second kappa shape index (κ2) is 12.5. The largest absolute Gasteiger partial charge is 0.481 e. The van der Waals surface area contributed by atoms with Crippen LogP contribution in [-0.2, 0) is 27.3 Å². The van der Waals surface area contributed by atoms with Crippen LogP contribution < -0.4 is 0 Å². The van der Waals surface area contributed by atoms with Crippen LogP contribution in [-0.4, -0.2) is 57.7 Å². The Morgan fingerprint density at radius 3 is 2.40 bits per heavy atom. The monoisotopic (exact) mass is 581 g/mol. The fourth-order valence-corrected chi connectivity index (χ4v) is 7.29. The predicted octanol–water partition coefficient (Wildman–Crippen LogP) is 6.64. The summed E-state index contributed by atoms with van der Waals surface area (Å²) in [7, 11) is 0. The van der Waals surface area contributed by atoms with Crippen molar-refractivity contribution in [3.63, 3.8) is 0 Å². The minimum absolute atomic E-state index is 0.0914. The third kappa shape index (κ3) is 5.92. The Morgan fingerprint density at radius 2 is 1.70 bits per heavy atom. The summed E-state index contributed by atoms with van der Waals surface area (Å²) >= 11 is 0. The van der Waals surface area contributed by atoms with Crippen molar-refractivity contribution in [1.29, 1.82) is 0 Å². The molecule has 0 spiro atoms. The van der Waals surface area contributed by atoms with E-state index in [9.17, 15) is 14.7 Å². The maximum absolute atomic E-state index is 14.0. The number of aromatic nitrogens is 2. The molecule has 2 saturated heterocycles. The lowest BCUT2D eigenvalue weighted by molar-refractivity contribution is -0.137. The van der Waals surface area contributed by atoms with Crippen molar-refractivity contribution in [2.24, 2.45) is 11.8 Å². The summed E-state index contributed by atoms with van der Waals surface area (Å²) in [6.07, 6.45) is 4.57. The number of pyridine rings is 1. The number of aliphatic carboxylic acids is 1. The number of benzene rings is 2. The van der Waals surface area contributed by atoms with Gasteiger partial charge in [0.05, 0.1) is 11.4 Å². The molecule has 2 aliphatic rings. The van der Waals surface area contributed by atoms with Gasteiger partial charge in [0, 0.05) is 55.7 Å². The van der Waals surface area contributed by atoms with E-state index in [-0.39, 0.29) is 18.2 Å². The van der Waals surface area contributed by atoms with Crippen LogP contribution >= 0.6 is 0 Å². The first-order valence-corrected chi connectivity index (χ1v) is 15.9. The average molecular weight is 582 g/mol. The van der Waals surface area contributed by atoms with E-state index in [4.69, 9.17) is 9.72 Å². The van der Waals surface area contributed by atoms with Crippen LogP contribution in [0.4, 0.5) is 0 Å². The van der Waals surface area contributed by atoms with Crippen molar-refractivity contribution in [2.75, 3.05) is 26.3 Å². The van der Waals surface area contributed by atoms with Gasteiger partial charge in [-0.3, -0.25) is 9.59 Å². The van der Waals surface area contributed by atoms with E-state index in [0.29, 0.717) is 24.8 Å². The quantitative estimate of drug-likeness (QED) is 0.252. The molecule has 1 atom stereocenters. The molecule has 2 aromatic heterocycles. The van der Waals surface area contributed by atoms with Gasteiger partial charge in [-0.15, -0.1) is 0 Å². The molecule has 2 fully saturated rings. The maximum Gasteiger partial charge on any atom is 0.303 e. The Bertz CT molecular complexity index is 1630. The van der Waals surface area contributed by atoms with E-state index in [1.165, 1.54) is 0 Å². The van der Waals surface area contributed by atoms with Crippen LogP contribution in [0, 0.1) is 25.7 Å². The number of carboxylic acid groups (broad SMARTS) is 1. The molecule has 2 aliphatic heterocycles. The second-order valence-corrected chi connectivity index (χ2v) is 12.7. The van der Waals surface area contributed by atoms with Crippen LogP contribution in [0.25, 0.3) is 21.9 Å². The van der Waals surface area contributed by atoms with Crippen molar-refractivity contribution >= 4 is 33.8 Å². The number of para-hydroxylation sites is 1. The minimum Gasteiger partial charge on any atom is -0.481 e. The lowest BCUT2D eigenvalue weighted by Gasteiger charge is -2.37. The summed E-state index contributed by atoms with van der Waals surface area (Å²) in [5.41, 5.74) is 7.32. The van der Waals surface area contributed by atoms with Crippen molar-refractivity contribution in [2.45, 2.75) is 71.8 Å². The third-order valence-corrected chi connectivity index (χ3v) is 9.85. The lowest BCUT2D eigenvalue weighted by atomic mass is 9.79. The summed E-state index contributed by atoms with van der Waals surface area (Å²) in [6.45, 7) is 10.2. The first kappa shape index (κ1) is 29.4. The predicted molar refractivity (Wildman–Crippen MR) is 169 cm³/mol. The smallest absolute Gasteiger partial charge is 0.303 e. The number of piperidine rings is 1. The third-order valence-electron chi connectivity index (χ3n) is 9.85. The van der Waals surface area contributed by atoms with Gasteiger partial charge in [0.1, 0.15) is 5.65 Å². The molecule has 0 radical (unpaired) electrons. The van der Waals surface area contributed by atoms with E-state index < -0.39 is 5.97 Å². The fourth-order valence-electron chi connectivity index (χ4n) is 7.29. The topological polar surface area (TPSA) is 84.7 Å². The molecular formula is C36H43N3O4. The van der Waals surface area contributed by atoms with Crippen LogP contribution in [0.5, 0.6) is 0 Å². The molecule has 0 bridgehead atoms. The number of carbonyl (C=O) groups is 2. The fraction of sp³-hybridized carbons (Fsp3) is 0.472. The van der Waals surface area contributed by atoms with E-state index >= 15 is 0 Å². The van der Waals surface area contributed by atoms with Crippen molar-refractivity contribution < 1.29 is 19.4 Å². The van der Waals surface area contributed by atoms with Gasteiger partial charge in [-0.1, -0.05) is 49.4 Å². The van der Waals surface area contributed by atoms with E-state index in [2.05, 4.69) is 65.8 Å². The molecule has 43 heavy (non-hydrogen) atoms. The van der Waals surface area contributed by atoms with Crippen LogP contribution in [0.2, 0.25) is 0 Å². The number of rotatable bonds is 8. The molecule has 4 heterocycles. The number of hydrogen-bond donors (Lipinski definition) is 1. The Hall–Kier alpha value is -3.71. The Labute approximate surface area is 253 Å². The molecule has 2 aromatic carbocycles. The number of ether oxygens (including phenoxy) is 1. The number of nitrogens with zero attached hydrogens (tertiary/aromatic N) is 3. The van der Waals surface area contributed by atoms with Gasteiger partial charge in [0.25, 0.3) is 0 Å². The van der Waals surface area contributed by atoms with Crippen molar-refractivity contribution in [1.82, 2.24) is 14.5 Å². The first-order valence-electron chi connectivity index (χ1n) is 15.9. The summed E-state index contributed by atoms with van der Waals surface area (Å²) in [5, 5.41) is 11.5. The van der Waals surface area contributed by atoms with E-state index in [1.54, 1.807) is 0 Å². The molecule has 4 aromatic rings. The van der Waals surface area contributed by atoms with Gasteiger partial charge in [0.2, 0.25) is 5.91 Å². The lowest BCUT2D eigenvalue weighted by Crippen LogP contribution is -2.43. The normalized spacial score (nSPS) is 17.5. The highest BCUT2D eigenvalue weighted by molar-refractivity contribution is 6.08. The van der Waals surface area contributed by atoms with E-state index in [0.717, 1.165) is 102 Å². The highest BCUT2D eigenvalue weighted by Gasteiger charge is 2.35. The zero-order chi connectivity index (χ0) is 30.1. The molecule has 0 saturated carbocycles. The molecule has 7 nitrogen and oxygen atoms in total. The van der Waals surface area contributed by atoms with Crippen LogP contribution in [0.3, 0.4) is 0 Å². The second-order valence-electron chi connectivity index (χ2n) is 12.7. The molecule has 1 N–H and O–H groups in total. The zero-order valence-electron chi connectivity index (χ0n) is 25.6. The number of amides is 1. The van der Waals surface area contributed by atoms with Crippen LogP contribution in [0.1, 0.15) is 72.9 Å². The SMILES string of the molecule is Cc1nc2c(c(C)c1CCC(=O)O)c1ccccc1n2Cc1ccc(C(C(=O)N2CCC(C)CC2)C2CCOCC2)cc1. The highest BCUT2D eigenvalue weighted by atomic mass is 16.5. The van der Waals surface area contributed by atoms with Gasteiger partial charge in [-0.25, -0.2) is 4.98 Å². The number of fused-ring (bicyclic) bond motifs is 3. The van der Waals surface area contributed by atoms with Crippen LogP contribution in [0.15, 0.2) is 48.5 Å². The summed E-state index contributed by atoms with van der Waals surface area (Å²) in [4.78, 5) is 32.4. The highest BCUT2D eigenvalue weighted by Crippen LogP contribution is 2.37. The molecule has 226 valence electrons. The van der Waals surface area contributed by atoms with Gasteiger partial charge >= 0.3 is 5.97 Å². The number of carbonyl (C=O) groups excluding carboxylic acids is 1. The molecule has 1 amide bonds. The van der Waals surface area contributed by atoms with Crippen molar-refractivity contribution in [3.8, 4) is 0 Å². The molecular weight excluding hydrogens is 538 g/mol. The number of aryl methyl sites for hydroxylation is 2. The summed E-state index contributed by atoms with van der Waals surface area (Å²) in [6, 6.07) is 17.1. The number of hydrogen-bond acceptors (Lipinski definition) is 4. The molecule has 6 rings (SSSR count). The number of likely N-dealkylation sites (tertiary alicyclic amines) is 1. The Morgan fingerprint density at radius 1 is 1.00 bits per heavy atom. The van der Waals surface area contributed by atoms with Gasteiger partial charge in [0.15, 0.2) is 0 Å². The Kier molecular flexibility index (Phi) is 8.53. The number of carboxylic acids is 1. The molecule has 1 unspecified atom stereocenters. The first-order chi connectivity index (χ1) is 20.8. The summed E-state index contributed by atoms with van der Waals surface area (Å²) < 4.78 is 7.94. The summed E-state index contributed by atoms with van der Waals surface area (Å²) in [5.74, 6) is 0.341. The van der Waals surface area contributed by atoms with Crippen molar-refractivity contribution in [3.05, 3.63) is 76.5 Å².